The largest absolute Gasteiger partial charge is 0.354 e. The highest BCUT2D eigenvalue weighted by molar-refractivity contribution is 5.58. The molecule has 0 saturated carbocycles. The van der Waals surface area contributed by atoms with Crippen LogP contribution < -0.4 is 4.90 Å². The fraction of sp³-hybridized carbons (Fsp3) is 0.278. The topological polar surface area (TPSA) is 58.3 Å². The Morgan fingerprint density at radius 2 is 1.67 bits per heavy atom. The van der Waals surface area contributed by atoms with Crippen molar-refractivity contribution in [3.8, 4) is 23.0 Å². The normalized spacial score (nSPS) is 15.6. The van der Waals surface area contributed by atoms with E-state index in [-0.39, 0.29) is 0 Å². The third kappa shape index (κ3) is 3.00. The molecule has 1 aliphatic heterocycles. The Morgan fingerprint density at radius 3 is 2.46 bits per heavy atom. The lowest BCUT2D eigenvalue weighted by atomic mass is 10.2. The first-order valence-electron chi connectivity index (χ1n) is 8.10. The van der Waals surface area contributed by atoms with Crippen LogP contribution in [0.5, 0.6) is 0 Å². The molecule has 3 aromatic rings. The highest BCUT2D eigenvalue weighted by Crippen LogP contribution is 2.23. The van der Waals surface area contributed by atoms with Gasteiger partial charge in [-0.05, 0) is 31.3 Å². The van der Waals surface area contributed by atoms with E-state index >= 15 is 0 Å². The number of likely N-dealkylation sites (N-methyl/N-ethyl adjacent to an activating group) is 1. The van der Waals surface area contributed by atoms with Gasteiger partial charge in [0.15, 0.2) is 0 Å². The predicted octanol–water partition coefficient (Wildman–Crippen LogP) is 2.55. The Hall–Kier alpha value is -2.73. The monoisotopic (exact) mass is 321 g/mol. The molecular formula is C18H19N5O. The second-order valence-electron chi connectivity index (χ2n) is 5.96. The van der Waals surface area contributed by atoms with E-state index in [0.29, 0.717) is 11.7 Å². The highest BCUT2D eigenvalue weighted by Gasteiger charge is 2.17. The number of anilines is 1. The molecule has 0 aliphatic carbocycles. The number of hydrogen-bond acceptors (Lipinski definition) is 6. The molecule has 6 heteroatoms. The highest BCUT2D eigenvalue weighted by atomic mass is 16.5. The second kappa shape index (κ2) is 6.41. The van der Waals surface area contributed by atoms with Gasteiger partial charge in [-0.25, -0.2) is 4.98 Å². The third-order valence-corrected chi connectivity index (χ3v) is 4.24. The molecule has 1 saturated heterocycles. The van der Waals surface area contributed by atoms with Gasteiger partial charge < -0.3 is 14.3 Å². The predicted molar refractivity (Wildman–Crippen MR) is 92.7 cm³/mol. The van der Waals surface area contributed by atoms with E-state index in [1.807, 2.05) is 48.5 Å². The molecule has 0 amide bonds. The second-order valence-corrected chi connectivity index (χ2v) is 5.96. The van der Waals surface area contributed by atoms with Gasteiger partial charge in [-0.2, -0.15) is 4.98 Å². The quantitative estimate of drug-likeness (QED) is 0.739. The summed E-state index contributed by atoms with van der Waals surface area (Å²) in [6, 6.07) is 15.7. The summed E-state index contributed by atoms with van der Waals surface area (Å²) in [5.74, 6) is 1.99. The molecule has 6 nitrogen and oxygen atoms in total. The van der Waals surface area contributed by atoms with Gasteiger partial charge in [-0.1, -0.05) is 29.4 Å². The molecule has 0 radical (unpaired) electrons. The minimum atomic E-state index is 0.511. The van der Waals surface area contributed by atoms with Crippen molar-refractivity contribution in [2.75, 3.05) is 38.1 Å². The summed E-state index contributed by atoms with van der Waals surface area (Å²) in [7, 11) is 2.14. The summed E-state index contributed by atoms with van der Waals surface area (Å²) in [4.78, 5) is 13.8. The van der Waals surface area contributed by atoms with Gasteiger partial charge in [0.05, 0.1) is 0 Å². The van der Waals surface area contributed by atoms with E-state index in [1.54, 1.807) is 0 Å². The Labute approximate surface area is 140 Å². The molecule has 0 atom stereocenters. The molecule has 24 heavy (non-hydrogen) atoms. The summed E-state index contributed by atoms with van der Waals surface area (Å²) in [6.07, 6.45) is 0. The minimum Gasteiger partial charge on any atom is -0.354 e. The van der Waals surface area contributed by atoms with Crippen molar-refractivity contribution >= 4 is 5.82 Å². The van der Waals surface area contributed by atoms with Crippen LogP contribution in [0, 0.1) is 0 Å². The van der Waals surface area contributed by atoms with Crippen molar-refractivity contribution < 1.29 is 4.52 Å². The van der Waals surface area contributed by atoms with Crippen molar-refractivity contribution in [1.29, 1.82) is 0 Å². The van der Waals surface area contributed by atoms with Crippen molar-refractivity contribution in [1.82, 2.24) is 20.0 Å². The van der Waals surface area contributed by atoms with Crippen LogP contribution in [0.2, 0.25) is 0 Å². The van der Waals surface area contributed by atoms with Crippen LogP contribution in [0.15, 0.2) is 53.1 Å². The summed E-state index contributed by atoms with van der Waals surface area (Å²) < 4.78 is 5.38. The first-order chi connectivity index (χ1) is 11.8. The molecule has 1 aromatic carbocycles. The number of rotatable bonds is 3. The van der Waals surface area contributed by atoms with E-state index in [1.165, 1.54) is 0 Å². The standard InChI is InChI=1S/C18H19N5O/c1-22-10-12-23(13-11-22)16-9-5-8-15(19-16)17-20-18(24-21-17)14-6-3-2-4-7-14/h2-9H,10-13H2,1H3. The lowest BCUT2D eigenvalue weighted by Crippen LogP contribution is -2.44. The molecule has 2 aromatic heterocycles. The summed E-state index contributed by atoms with van der Waals surface area (Å²) in [5.41, 5.74) is 1.64. The Bertz CT molecular complexity index is 809. The zero-order valence-electron chi connectivity index (χ0n) is 13.6. The van der Waals surface area contributed by atoms with Gasteiger partial charge in [0.2, 0.25) is 5.82 Å². The maximum atomic E-state index is 5.38. The molecule has 0 spiro atoms. The summed E-state index contributed by atoms with van der Waals surface area (Å²) in [5, 5.41) is 4.09. The molecule has 0 unspecified atom stereocenters. The Kier molecular flexibility index (Phi) is 3.96. The van der Waals surface area contributed by atoms with Crippen molar-refractivity contribution in [2.45, 2.75) is 0 Å². The molecule has 3 heterocycles. The zero-order valence-corrected chi connectivity index (χ0v) is 13.6. The number of hydrogen-bond donors (Lipinski definition) is 0. The van der Waals surface area contributed by atoms with Crippen LogP contribution in [-0.2, 0) is 0 Å². The van der Waals surface area contributed by atoms with E-state index in [2.05, 4.69) is 27.0 Å². The minimum absolute atomic E-state index is 0.511. The number of pyridine rings is 1. The molecular weight excluding hydrogens is 302 g/mol. The SMILES string of the molecule is CN1CCN(c2cccc(-c3noc(-c4ccccc4)n3)n2)CC1. The van der Waals surface area contributed by atoms with Crippen LogP contribution in [0.4, 0.5) is 5.82 Å². The van der Waals surface area contributed by atoms with E-state index < -0.39 is 0 Å². The van der Waals surface area contributed by atoms with Gasteiger partial charge in [0, 0.05) is 31.7 Å². The molecule has 4 rings (SSSR count). The number of aromatic nitrogens is 3. The molecule has 1 fully saturated rings. The maximum Gasteiger partial charge on any atom is 0.258 e. The maximum absolute atomic E-state index is 5.38. The van der Waals surface area contributed by atoms with Crippen LogP contribution in [0.1, 0.15) is 0 Å². The smallest absolute Gasteiger partial charge is 0.258 e. The molecule has 1 aliphatic rings. The van der Waals surface area contributed by atoms with Gasteiger partial charge in [-0.3, -0.25) is 0 Å². The third-order valence-electron chi connectivity index (χ3n) is 4.24. The first-order valence-corrected chi connectivity index (χ1v) is 8.10. The average Bonchev–Trinajstić information content (AvgIpc) is 3.13. The van der Waals surface area contributed by atoms with E-state index in [9.17, 15) is 0 Å². The summed E-state index contributed by atoms with van der Waals surface area (Å²) >= 11 is 0. The fourth-order valence-electron chi connectivity index (χ4n) is 2.78. The fourth-order valence-corrected chi connectivity index (χ4v) is 2.78. The molecule has 0 bridgehead atoms. The first kappa shape index (κ1) is 14.8. The molecule has 0 N–H and O–H groups in total. The zero-order chi connectivity index (χ0) is 16.4. The summed E-state index contributed by atoms with van der Waals surface area (Å²) in [6.45, 7) is 4.06. The van der Waals surface area contributed by atoms with Gasteiger partial charge >= 0.3 is 0 Å². The number of benzene rings is 1. The van der Waals surface area contributed by atoms with Crippen molar-refractivity contribution in [3.05, 3.63) is 48.5 Å². The number of piperazine rings is 1. The van der Waals surface area contributed by atoms with Gasteiger partial charge in [0.25, 0.3) is 5.89 Å². The van der Waals surface area contributed by atoms with Gasteiger partial charge in [0.1, 0.15) is 11.5 Å². The van der Waals surface area contributed by atoms with Crippen LogP contribution >= 0.6 is 0 Å². The van der Waals surface area contributed by atoms with Crippen LogP contribution in [0.3, 0.4) is 0 Å². The number of nitrogens with zero attached hydrogens (tertiary/aromatic N) is 5. The van der Waals surface area contributed by atoms with Crippen molar-refractivity contribution in [3.63, 3.8) is 0 Å². The lowest BCUT2D eigenvalue weighted by molar-refractivity contribution is 0.312. The van der Waals surface area contributed by atoms with E-state index in [0.717, 1.165) is 43.3 Å². The van der Waals surface area contributed by atoms with Crippen LogP contribution in [0.25, 0.3) is 23.0 Å². The van der Waals surface area contributed by atoms with E-state index in [4.69, 9.17) is 9.51 Å². The lowest BCUT2D eigenvalue weighted by Gasteiger charge is -2.33. The Balaban J connectivity index is 1.59. The molecule has 122 valence electrons. The Morgan fingerprint density at radius 1 is 0.875 bits per heavy atom. The van der Waals surface area contributed by atoms with Crippen LogP contribution in [-0.4, -0.2) is 53.3 Å². The van der Waals surface area contributed by atoms with Crippen molar-refractivity contribution in [2.24, 2.45) is 0 Å². The average molecular weight is 321 g/mol. The van der Waals surface area contributed by atoms with Gasteiger partial charge in [-0.15, -0.1) is 0 Å².